The molecule has 3 aromatic rings. The minimum absolute atomic E-state index is 0.327. The van der Waals surface area contributed by atoms with Gasteiger partial charge in [0, 0.05) is 6.54 Å². The Hall–Kier alpha value is -3.02. The molecule has 0 saturated heterocycles. The maximum Gasteiger partial charge on any atom is 0.349 e. The highest BCUT2D eigenvalue weighted by Crippen LogP contribution is 2.22. The smallest absolute Gasteiger partial charge is 0.349 e. The molecule has 1 aromatic heterocycles. The van der Waals surface area contributed by atoms with Crippen molar-refractivity contribution < 1.29 is 18.7 Å². The Kier molecular flexibility index (Phi) is 5.64. The average Bonchev–Trinajstić information content (AvgIpc) is 3.04. The van der Waals surface area contributed by atoms with Crippen molar-refractivity contribution in [1.82, 2.24) is 4.98 Å². The van der Waals surface area contributed by atoms with Gasteiger partial charge < -0.3 is 19.2 Å². The number of nitrogens with one attached hydrogen (secondary N) is 1. The topological polar surface area (TPSA) is 73.6 Å². The van der Waals surface area contributed by atoms with E-state index in [1.54, 1.807) is 20.8 Å². The zero-order chi connectivity index (χ0) is 19.3. The van der Waals surface area contributed by atoms with Crippen LogP contribution in [-0.2, 0) is 16.0 Å². The predicted molar refractivity (Wildman–Crippen MR) is 104 cm³/mol. The van der Waals surface area contributed by atoms with Crippen molar-refractivity contribution in [2.24, 2.45) is 0 Å². The van der Waals surface area contributed by atoms with Gasteiger partial charge >= 0.3 is 5.97 Å². The Bertz CT molecular complexity index is 884. The largest absolute Gasteiger partial charge is 0.476 e. The number of aromatic nitrogens is 1. The van der Waals surface area contributed by atoms with Crippen LogP contribution in [-0.4, -0.2) is 29.7 Å². The van der Waals surface area contributed by atoms with Crippen LogP contribution >= 0.6 is 0 Å². The van der Waals surface area contributed by atoms with E-state index in [1.807, 2.05) is 48.5 Å². The third-order valence-electron chi connectivity index (χ3n) is 4.02. The summed E-state index contributed by atoms with van der Waals surface area (Å²) in [6.07, 6.45) is 0.760. The standard InChI is InChI=1S/C21H24N2O4/c1-4-25-19(24)21(2,3)27-16-9-7-8-15(14-16)12-13-22-20-23-17-10-5-6-11-18(17)26-20/h5-11,14H,4,12-13H2,1-3H3,(H,22,23). The van der Waals surface area contributed by atoms with Crippen LogP contribution in [0.2, 0.25) is 0 Å². The number of ether oxygens (including phenoxy) is 2. The molecule has 6 heteroatoms. The second-order valence-electron chi connectivity index (χ2n) is 6.64. The summed E-state index contributed by atoms with van der Waals surface area (Å²) in [6, 6.07) is 15.8. The second kappa shape index (κ2) is 8.12. The number of hydrogen-bond donors (Lipinski definition) is 1. The van der Waals surface area contributed by atoms with Crippen molar-refractivity contribution in [2.75, 3.05) is 18.5 Å². The van der Waals surface area contributed by atoms with E-state index in [-0.39, 0.29) is 5.97 Å². The Morgan fingerprint density at radius 2 is 2.00 bits per heavy atom. The Balaban J connectivity index is 1.58. The van der Waals surface area contributed by atoms with Gasteiger partial charge in [0.1, 0.15) is 11.3 Å². The molecule has 0 bridgehead atoms. The monoisotopic (exact) mass is 368 g/mol. The van der Waals surface area contributed by atoms with Crippen molar-refractivity contribution in [3.05, 3.63) is 54.1 Å². The summed E-state index contributed by atoms with van der Waals surface area (Å²) in [5, 5.41) is 3.19. The number of nitrogens with zero attached hydrogens (tertiary/aromatic N) is 1. The normalized spacial score (nSPS) is 11.4. The second-order valence-corrected chi connectivity index (χ2v) is 6.64. The van der Waals surface area contributed by atoms with E-state index >= 15 is 0 Å². The first-order chi connectivity index (χ1) is 13.0. The van der Waals surface area contributed by atoms with Crippen molar-refractivity contribution in [3.8, 4) is 5.75 Å². The van der Waals surface area contributed by atoms with E-state index in [9.17, 15) is 4.79 Å². The molecule has 2 aromatic carbocycles. The molecule has 0 aliphatic heterocycles. The summed E-state index contributed by atoms with van der Waals surface area (Å²) in [5.41, 5.74) is 1.63. The lowest BCUT2D eigenvalue weighted by atomic mass is 10.1. The third kappa shape index (κ3) is 4.78. The van der Waals surface area contributed by atoms with E-state index in [0.29, 0.717) is 24.9 Å². The number of benzene rings is 2. The molecule has 0 unspecified atom stereocenters. The van der Waals surface area contributed by atoms with E-state index in [4.69, 9.17) is 13.9 Å². The van der Waals surface area contributed by atoms with Gasteiger partial charge in [-0.15, -0.1) is 0 Å². The number of esters is 1. The summed E-state index contributed by atoms with van der Waals surface area (Å²) < 4.78 is 16.5. The summed E-state index contributed by atoms with van der Waals surface area (Å²) >= 11 is 0. The Labute approximate surface area is 158 Å². The summed E-state index contributed by atoms with van der Waals surface area (Å²) in [4.78, 5) is 16.4. The first kappa shape index (κ1) is 18.8. The summed E-state index contributed by atoms with van der Waals surface area (Å²) in [6.45, 7) is 6.17. The van der Waals surface area contributed by atoms with Crippen molar-refractivity contribution in [2.45, 2.75) is 32.8 Å². The molecule has 0 saturated carbocycles. The molecule has 0 fully saturated rings. The van der Waals surface area contributed by atoms with Crippen LogP contribution in [0.25, 0.3) is 11.1 Å². The number of fused-ring (bicyclic) bond motifs is 1. The van der Waals surface area contributed by atoms with Crippen LogP contribution in [0, 0.1) is 0 Å². The highest BCUT2D eigenvalue weighted by atomic mass is 16.6. The third-order valence-corrected chi connectivity index (χ3v) is 4.02. The molecule has 0 aliphatic carbocycles. The number of hydrogen-bond acceptors (Lipinski definition) is 6. The van der Waals surface area contributed by atoms with Gasteiger partial charge in [0.25, 0.3) is 6.01 Å². The quantitative estimate of drug-likeness (QED) is 0.601. The number of oxazole rings is 1. The Morgan fingerprint density at radius 3 is 2.78 bits per heavy atom. The van der Waals surface area contributed by atoms with E-state index in [1.165, 1.54) is 0 Å². The maximum atomic E-state index is 12.0. The predicted octanol–water partition coefficient (Wildman–Crippen LogP) is 4.20. The fourth-order valence-electron chi connectivity index (χ4n) is 2.67. The Morgan fingerprint density at radius 1 is 1.19 bits per heavy atom. The van der Waals surface area contributed by atoms with Gasteiger partial charge in [-0.25, -0.2) is 4.79 Å². The zero-order valence-corrected chi connectivity index (χ0v) is 15.8. The highest BCUT2D eigenvalue weighted by molar-refractivity contribution is 5.79. The molecule has 0 atom stereocenters. The SMILES string of the molecule is CCOC(=O)C(C)(C)Oc1cccc(CCNc2nc3ccccc3o2)c1. The van der Waals surface area contributed by atoms with Gasteiger partial charge in [0.15, 0.2) is 11.2 Å². The van der Waals surface area contributed by atoms with Gasteiger partial charge in [-0.05, 0) is 57.0 Å². The molecule has 0 spiro atoms. The molecular weight excluding hydrogens is 344 g/mol. The lowest BCUT2D eigenvalue weighted by Crippen LogP contribution is -2.39. The molecule has 0 amide bonds. The van der Waals surface area contributed by atoms with Crippen LogP contribution in [0.15, 0.2) is 52.9 Å². The van der Waals surface area contributed by atoms with Crippen LogP contribution in [0.1, 0.15) is 26.3 Å². The van der Waals surface area contributed by atoms with Crippen molar-refractivity contribution in [1.29, 1.82) is 0 Å². The van der Waals surface area contributed by atoms with Gasteiger partial charge in [-0.3, -0.25) is 0 Å². The molecule has 27 heavy (non-hydrogen) atoms. The maximum absolute atomic E-state index is 12.0. The number of para-hydroxylation sites is 2. The summed E-state index contributed by atoms with van der Waals surface area (Å²) in [7, 11) is 0. The molecule has 0 aliphatic rings. The zero-order valence-electron chi connectivity index (χ0n) is 15.8. The summed E-state index contributed by atoms with van der Waals surface area (Å²) in [5.74, 6) is 0.250. The highest BCUT2D eigenvalue weighted by Gasteiger charge is 2.31. The molecule has 1 N–H and O–H groups in total. The van der Waals surface area contributed by atoms with Crippen LogP contribution in [0.5, 0.6) is 5.75 Å². The van der Waals surface area contributed by atoms with Crippen molar-refractivity contribution in [3.63, 3.8) is 0 Å². The molecule has 142 valence electrons. The first-order valence-corrected chi connectivity index (χ1v) is 9.02. The number of carbonyl (C=O) groups is 1. The van der Waals surface area contributed by atoms with Crippen LogP contribution in [0.3, 0.4) is 0 Å². The fraction of sp³-hybridized carbons (Fsp3) is 0.333. The van der Waals surface area contributed by atoms with Crippen LogP contribution < -0.4 is 10.1 Å². The molecule has 6 nitrogen and oxygen atoms in total. The fourth-order valence-corrected chi connectivity index (χ4v) is 2.67. The number of rotatable bonds is 8. The first-order valence-electron chi connectivity index (χ1n) is 9.02. The average molecular weight is 368 g/mol. The van der Waals surface area contributed by atoms with Gasteiger partial charge in [0.2, 0.25) is 0 Å². The lowest BCUT2D eigenvalue weighted by molar-refractivity contribution is -0.158. The van der Waals surface area contributed by atoms with E-state index < -0.39 is 5.60 Å². The van der Waals surface area contributed by atoms with Gasteiger partial charge in [0.05, 0.1) is 6.61 Å². The minimum Gasteiger partial charge on any atom is -0.476 e. The minimum atomic E-state index is -1.04. The van der Waals surface area contributed by atoms with Crippen LogP contribution in [0.4, 0.5) is 6.01 Å². The molecule has 0 radical (unpaired) electrons. The van der Waals surface area contributed by atoms with Crippen molar-refractivity contribution >= 4 is 23.1 Å². The molecule has 1 heterocycles. The number of anilines is 1. The van der Waals surface area contributed by atoms with E-state index in [2.05, 4.69) is 10.3 Å². The van der Waals surface area contributed by atoms with Gasteiger partial charge in [-0.2, -0.15) is 4.98 Å². The molecule has 3 rings (SSSR count). The van der Waals surface area contributed by atoms with Gasteiger partial charge in [-0.1, -0.05) is 24.3 Å². The lowest BCUT2D eigenvalue weighted by Gasteiger charge is -2.24. The number of carbonyl (C=O) groups excluding carboxylic acids is 1. The molecular formula is C21H24N2O4. The van der Waals surface area contributed by atoms with E-state index in [0.717, 1.165) is 23.1 Å².